The normalized spacial score (nSPS) is 10.9. The van der Waals surface area contributed by atoms with Gasteiger partial charge in [-0.3, -0.25) is 20.4 Å². The molecule has 0 bridgehead atoms. The van der Waals surface area contributed by atoms with Crippen LogP contribution in [0, 0.1) is 13.8 Å². The summed E-state index contributed by atoms with van der Waals surface area (Å²) in [6.07, 6.45) is 0. The molecule has 0 radical (unpaired) electrons. The second kappa shape index (κ2) is 9.24. The van der Waals surface area contributed by atoms with Crippen LogP contribution in [-0.2, 0) is 10.0 Å². The highest BCUT2D eigenvalue weighted by Crippen LogP contribution is 2.22. The van der Waals surface area contributed by atoms with Crippen LogP contribution in [0.15, 0.2) is 64.2 Å². The summed E-state index contributed by atoms with van der Waals surface area (Å²) in [4.78, 5) is 12.6. The molecule has 1 aromatic heterocycles. The molecule has 10 heteroatoms. The van der Waals surface area contributed by atoms with Gasteiger partial charge in [0.2, 0.25) is 0 Å². The van der Waals surface area contributed by atoms with Crippen LogP contribution in [0.5, 0.6) is 0 Å². The molecule has 0 aliphatic heterocycles. The number of hydrogen-bond acceptors (Lipinski definition) is 5. The maximum absolute atomic E-state index is 12.6. The van der Waals surface area contributed by atoms with E-state index in [1.54, 1.807) is 23.6 Å². The highest BCUT2D eigenvalue weighted by Gasteiger charge is 2.19. The second-order valence-electron chi connectivity index (χ2n) is 6.49. The lowest BCUT2D eigenvalue weighted by atomic mass is 10.1. The number of nitrogens with one attached hydrogen (secondary N) is 4. The lowest BCUT2D eigenvalue weighted by Gasteiger charge is -2.15. The molecule has 3 aromatic rings. The SMILES string of the molecule is Cc1cc(C)cc(NC(=S)NNC(=O)c2ccccc2NS(=O)(=O)c2cccs2)c1. The molecular weight excluding hydrogens is 440 g/mol. The number of benzene rings is 2. The summed E-state index contributed by atoms with van der Waals surface area (Å²) in [6.45, 7) is 3.95. The van der Waals surface area contributed by atoms with Gasteiger partial charge < -0.3 is 5.32 Å². The number of aryl methyl sites for hydroxylation is 2. The number of hydrogen-bond donors (Lipinski definition) is 4. The van der Waals surface area contributed by atoms with Crippen LogP contribution in [0.3, 0.4) is 0 Å². The Kier molecular flexibility index (Phi) is 6.70. The Labute approximate surface area is 184 Å². The molecule has 1 amide bonds. The molecule has 0 atom stereocenters. The number of anilines is 2. The number of amides is 1. The third-order valence-electron chi connectivity index (χ3n) is 3.95. The Hall–Kier alpha value is -2.95. The molecule has 0 saturated carbocycles. The summed E-state index contributed by atoms with van der Waals surface area (Å²) >= 11 is 6.31. The van der Waals surface area contributed by atoms with Crippen LogP contribution >= 0.6 is 23.6 Å². The molecule has 0 saturated heterocycles. The molecule has 3 rings (SSSR count). The molecule has 4 N–H and O–H groups in total. The van der Waals surface area contributed by atoms with Crippen LogP contribution in [0.4, 0.5) is 11.4 Å². The van der Waals surface area contributed by atoms with Crippen molar-refractivity contribution in [3.8, 4) is 0 Å². The minimum Gasteiger partial charge on any atom is -0.331 e. The topological polar surface area (TPSA) is 99.3 Å². The van der Waals surface area contributed by atoms with Crippen molar-refractivity contribution in [2.24, 2.45) is 0 Å². The molecule has 0 aliphatic carbocycles. The van der Waals surface area contributed by atoms with Gasteiger partial charge in [-0.05, 0) is 72.9 Å². The van der Waals surface area contributed by atoms with Gasteiger partial charge in [-0.2, -0.15) is 0 Å². The molecular formula is C20H20N4O3S3. The van der Waals surface area contributed by atoms with E-state index < -0.39 is 15.9 Å². The van der Waals surface area contributed by atoms with Crippen LogP contribution < -0.4 is 20.9 Å². The predicted molar refractivity (Wildman–Crippen MR) is 124 cm³/mol. The highest BCUT2D eigenvalue weighted by atomic mass is 32.2. The predicted octanol–water partition coefficient (Wildman–Crippen LogP) is 3.80. The first-order chi connectivity index (χ1) is 14.2. The van der Waals surface area contributed by atoms with E-state index in [2.05, 4.69) is 20.9 Å². The van der Waals surface area contributed by atoms with Crippen LogP contribution in [-0.4, -0.2) is 19.4 Å². The van der Waals surface area contributed by atoms with E-state index >= 15 is 0 Å². The van der Waals surface area contributed by atoms with E-state index in [-0.39, 0.29) is 20.6 Å². The van der Waals surface area contributed by atoms with Crippen molar-refractivity contribution in [2.45, 2.75) is 18.1 Å². The highest BCUT2D eigenvalue weighted by molar-refractivity contribution is 7.94. The van der Waals surface area contributed by atoms with Crippen molar-refractivity contribution < 1.29 is 13.2 Å². The zero-order chi connectivity index (χ0) is 21.7. The number of carbonyl (C=O) groups excluding carboxylic acids is 1. The Morgan fingerprint density at radius 3 is 2.33 bits per heavy atom. The number of rotatable bonds is 5. The summed E-state index contributed by atoms with van der Waals surface area (Å²) in [5, 5.41) is 4.86. The first-order valence-electron chi connectivity index (χ1n) is 8.85. The van der Waals surface area contributed by atoms with Gasteiger partial charge in [0.15, 0.2) is 5.11 Å². The van der Waals surface area contributed by atoms with Gasteiger partial charge >= 0.3 is 0 Å². The molecule has 2 aromatic carbocycles. The van der Waals surface area contributed by atoms with Gasteiger partial charge in [0.25, 0.3) is 15.9 Å². The van der Waals surface area contributed by atoms with Crippen molar-refractivity contribution >= 4 is 56.0 Å². The summed E-state index contributed by atoms with van der Waals surface area (Å²) in [5.74, 6) is -0.538. The second-order valence-corrected chi connectivity index (χ2v) is 9.76. The van der Waals surface area contributed by atoms with Gasteiger partial charge in [-0.25, -0.2) is 8.42 Å². The standard InChI is InChI=1S/C20H20N4O3S3/c1-13-10-14(2)12-15(11-13)21-20(28)23-22-19(25)16-6-3-4-7-17(16)24-30(26,27)18-8-5-9-29-18/h3-12,24H,1-2H3,(H,22,25)(H2,21,23,28). The average molecular weight is 461 g/mol. The quantitative estimate of drug-likeness (QED) is 0.341. The first kappa shape index (κ1) is 21.8. The van der Waals surface area contributed by atoms with Crippen LogP contribution in [0.1, 0.15) is 21.5 Å². The minimum atomic E-state index is -3.78. The van der Waals surface area contributed by atoms with Crippen molar-refractivity contribution in [3.05, 3.63) is 76.7 Å². The zero-order valence-electron chi connectivity index (χ0n) is 16.2. The molecule has 156 valence electrons. The van der Waals surface area contributed by atoms with Gasteiger partial charge in [0.05, 0.1) is 11.3 Å². The van der Waals surface area contributed by atoms with Gasteiger partial charge in [0.1, 0.15) is 4.21 Å². The molecule has 0 unspecified atom stereocenters. The Morgan fingerprint density at radius 2 is 1.67 bits per heavy atom. The zero-order valence-corrected chi connectivity index (χ0v) is 18.7. The summed E-state index contributed by atoms with van der Waals surface area (Å²) in [7, 11) is -3.78. The molecule has 0 aliphatic rings. The summed E-state index contributed by atoms with van der Waals surface area (Å²) < 4.78 is 27.6. The van der Waals surface area contributed by atoms with E-state index in [4.69, 9.17) is 12.2 Å². The molecule has 7 nitrogen and oxygen atoms in total. The van der Waals surface area contributed by atoms with Gasteiger partial charge in [-0.15, -0.1) is 11.3 Å². The van der Waals surface area contributed by atoms with Crippen LogP contribution in [0.2, 0.25) is 0 Å². The molecule has 0 spiro atoms. The van der Waals surface area contributed by atoms with Crippen LogP contribution in [0.25, 0.3) is 0 Å². The number of para-hydroxylation sites is 1. The van der Waals surface area contributed by atoms with Crippen molar-refractivity contribution in [3.63, 3.8) is 0 Å². The number of carbonyl (C=O) groups is 1. The average Bonchev–Trinajstić information content (AvgIpc) is 3.21. The third-order valence-corrected chi connectivity index (χ3v) is 6.91. The first-order valence-corrected chi connectivity index (χ1v) is 11.6. The van der Waals surface area contributed by atoms with Crippen molar-refractivity contribution in [1.29, 1.82) is 0 Å². The number of thiophene rings is 1. The molecule has 30 heavy (non-hydrogen) atoms. The van der Waals surface area contributed by atoms with E-state index in [1.807, 2.05) is 32.0 Å². The van der Waals surface area contributed by atoms with Crippen molar-refractivity contribution in [1.82, 2.24) is 10.9 Å². The van der Waals surface area contributed by atoms with E-state index in [1.165, 1.54) is 18.2 Å². The van der Waals surface area contributed by atoms with Gasteiger partial charge in [0, 0.05) is 5.69 Å². The largest absolute Gasteiger partial charge is 0.331 e. The Balaban J connectivity index is 1.66. The fraction of sp³-hybridized carbons (Fsp3) is 0.100. The fourth-order valence-corrected chi connectivity index (χ4v) is 5.01. The lowest BCUT2D eigenvalue weighted by Crippen LogP contribution is -2.44. The number of sulfonamides is 1. The fourth-order valence-electron chi connectivity index (χ4n) is 2.77. The van der Waals surface area contributed by atoms with E-state index in [0.717, 1.165) is 28.2 Å². The summed E-state index contributed by atoms with van der Waals surface area (Å²) in [6, 6.07) is 15.4. The monoisotopic (exact) mass is 460 g/mol. The van der Waals surface area contributed by atoms with E-state index in [9.17, 15) is 13.2 Å². The van der Waals surface area contributed by atoms with Gasteiger partial charge in [-0.1, -0.05) is 24.3 Å². The maximum Gasteiger partial charge on any atom is 0.271 e. The summed E-state index contributed by atoms with van der Waals surface area (Å²) in [5.41, 5.74) is 8.39. The number of hydrazine groups is 1. The van der Waals surface area contributed by atoms with E-state index in [0.29, 0.717) is 0 Å². The molecule has 1 heterocycles. The smallest absolute Gasteiger partial charge is 0.271 e. The maximum atomic E-state index is 12.6. The number of thiocarbonyl (C=S) groups is 1. The minimum absolute atomic E-state index is 0.152. The lowest BCUT2D eigenvalue weighted by molar-refractivity contribution is 0.0945. The molecule has 0 fully saturated rings. The Morgan fingerprint density at radius 1 is 0.967 bits per heavy atom. The Bertz CT molecular complexity index is 1160. The van der Waals surface area contributed by atoms with Crippen molar-refractivity contribution in [2.75, 3.05) is 10.0 Å². The third kappa shape index (κ3) is 5.56.